The Bertz CT molecular complexity index is 744. The van der Waals surface area contributed by atoms with Crippen LogP contribution in [0, 0.1) is 0 Å². The summed E-state index contributed by atoms with van der Waals surface area (Å²) in [6.45, 7) is 1.42. The van der Waals surface area contributed by atoms with Crippen molar-refractivity contribution in [2.75, 3.05) is 26.5 Å². The van der Waals surface area contributed by atoms with E-state index in [1.54, 1.807) is 0 Å². The van der Waals surface area contributed by atoms with E-state index in [1.165, 1.54) is 19.2 Å². The third-order valence-corrected chi connectivity index (χ3v) is 6.12. The Morgan fingerprint density at radius 2 is 1.96 bits per heavy atom. The van der Waals surface area contributed by atoms with Gasteiger partial charge in [-0.2, -0.15) is 0 Å². The van der Waals surface area contributed by atoms with Gasteiger partial charge in [-0.05, 0) is 37.6 Å². The maximum Gasteiger partial charge on any atom is 0.244 e. The summed E-state index contributed by atoms with van der Waals surface area (Å²) < 4.78 is 56.0. The molecule has 1 fully saturated rings. The van der Waals surface area contributed by atoms with E-state index in [2.05, 4.69) is 10.0 Å². The minimum Gasteiger partial charge on any atom is -0.495 e. The molecule has 0 amide bonds. The molecule has 2 N–H and O–H groups in total. The van der Waals surface area contributed by atoms with Gasteiger partial charge in [0.2, 0.25) is 10.0 Å². The van der Waals surface area contributed by atoms with Gasteiger partial charge >= 0.3 is 0 Å². The lowest BCUT2D eigenvalue weighted by atomic mass is 10.1. The normalized spacial score (nSPS) is 19.0. The van der Waals surface area contributed by atoms with Gasteiger partial charge in [-0.15, -0.1) is 12.4 Å². The summed E-state index contributed by atoms with van der Waals surface area (Å²) >= 11 is 0. The average Bonchev–Trinajstić information content (AvgIpc) is 2.46. The lowest BCUT2D eigenvalue weighted by Gasteiger charge is -2.24. The van der Waals surface area contributed by atoms with Crippen molar-refractivity contribution in [2.24, 2.45) is 0 Å². The fourth-order valence-electron chi connectivity index (χ4n) is 2.33. The molecule has 7 nitrogen and oxygen atoms in total. The smallest absolute Gasteiger partial charge is 0.244 e. The van der Waals surface area contributed by atoms with E-state index in [1.807, 2.05) is 0 Å². The van der Waals surface area contributed by atoms with Crippen LogP contribution in [0.5, 0.6) is 5.75 Å². The van der Waals surface area contributed by atoms with Crippen molar-refractivity contribution in [2.45, 2.75) is 28.7 Å². The third-order valence-electron chi connectivity index (χ3n) is 3.47. The van der Waals surface area contributed by atoms with Crippen LogP contribution in [0.1, 0.15) is 12.8 Å². The SMILES string of the molecule is COc1ccc(S(C)(=O)=O)cc1S(=O)(=O)N[C@@H]1CCCNC1.Cl. The Morgan fingerprint density at radius 1 is 1.26 bits per heavy atom. The van der Waals surface area contributed by atoms with Gasteiger partial charge in [0.15, 0.2) is 9.84 Å². The van der Waals surface area contributed by atoms with Crippen LogP contribution in [0.2, 0.25) is 0 Å². The van der Waals surface area contributed by atoms with Gasteiger partial charge in [0.1, 0.15) is 10.6 Å². The van der Waals surface area contributed by atoms with Crippen LogP contribution in [0.4, 0.5) is 0 Å². The van der Waals surface area contributed by atoms with Gasteiger partial charge in [-0.3, -0.25) is 0 Å². The zero-order valence-corrected chi connectivity index (χ0v) is 15.4. The first-order valence-electron chi connectivity index (χ1n) is 6.85. The van der Waals surface area contributed by atoms with E-state index in [0.29, 0.717) is 6.54 Å². The first-order chi connectivity index (χ1) is 10.2. The molecule has 1 saturated heterocycles. The molecule has 132 valence electrons. The van der Waals surface area contributed by atoms with Crippen LogP contribution in [0.25, 0.3) is 0 Å². The van der Waals surface area contributed by atoms with Crippen LogP contribution in [-0.2, 0) is 19.9 Å². The number of sulfonamides is 1. The summed E-state index contributed by atoms with van der Waals surface area (Å²) in [5.41, 5.74) is 0. The Balaban J connectivity index is 0.00000264. The highest BCUT2D eigenvalue weighted by Crippen LogP contribution is 2.27. The monoisotopic (exact) mass is 384 g/mol. The second-order valence-electron chi connectivity index (χ2n) is 5.25. The predicted octanol–water partition coefficient (Wildman–Crippen LogP) is 0.551. The highest BCUT2D eigenvalue weighted by Gasteiger charge is 2.26. The topological polar surface area (TPSA) is 102 Å². The van der Waals surface area contributed by atoms with E-state index in [9.17, 15) is 16.8 Å². The lowest BCUT2D eigenvalue weighted by molar-refractivity contribution is 0.399. The fraction of sp³-hybridized carbons (Fsp3) is 0.538. The number of halogens is 1. The number of nitrogens with one attached hydrogen (secondary N) is 2. The van der Waals surface area contributed by atoms with Gasteiger partial charge in [0.25, 0.3) is 0 Å². The minimum absolute atomic E-state index is 0. The Hall–Kier alpha value is -0.870. The molecule has 23 heavy (non-hydrogen) atoms. The molecule has 0 unspecified atom stereocenters. The molecule has 0 bridgehead atoms. The number of benzene rings is 1. The van der Waals surface area contributed by atoms with E-state index in [-0.39, 0.29) is 34.0 Å². The molecule has 0 spiro atoms. The minimum atomic E-state index is -3.86. The first-order valence-corrected chi connectivity index (χ1v) is 10.2. The van der Waals surface area contributed by atoms with Gasteiger partial charge in [-0.1, -0.05) is 0 Å². The Kier molecular flexibility index (Phi) is 6.84. The molecule has 0 saturated carbocycles. The molecule has 1 aliphatic rings. The van der Waals surface area contributed by atoms with Crippen molar-refractivity contribution in [3.8, 4) is 5.75 Å². The van der Waals surface area contributed by atoms with Crippen molar-refractivity contribution in [3.63, 3.8) is 0 Å². The number of hydrogen-bond donors (Lipinski definition) is 2. The molecule has 0 aromatic heterocycles. The summed E-state index contributed by atoms with van der Waals surface area (Å²) in [5.74, 6) is 0.115. The fourth-order valence-corrected chi connectivity index (χ4v) is 4.52. The van der Waals surface area contributed by atoms with Crippen molar-refractivity contribution in [1.82, 2.24) is 10.0 Å². The van der Waals surface area contributed by atoms with E-state index in [0.717, 1.165) is 31.7 Å². The molecule has 1 heterocycles. The van der Waals surface area contributed by atoms with Gasteiger partial charge in [0, 0.05) is 18.8 Å². The Labute approximate surface area is 143 Å². The molecule has 1 aromatic carbocycles. The zero-order chi connectivity index (χ0) is 16.4. The largest absolute Gasteiger partial charge is 0.495 e. The summed E-state index contributed by atoms with van der Waals surface area (Å²) in [4.78, 5) is -0.223. The summed E-state index contributed by atoms with van der Waals surface area (Å²) in [6, 6.07) is 3.59. The standard InChI is InChI=1S/C13H20N2O5S2.ClH/c1-20-12-6-5-11(21(2,16)17)8-13(12)22(18,19)15-10-4-3-7-14-9-10;/h5-6,8,10,14-15H,3-4,7,9H2,1-2H3;1H/t10-;/m1./s1. The van der Waals surface area contributed by atoms with Gasteiger partial charge < -0.3 is 10.1 Å². The molecular formula is C13H21ClN2O5S2. The van der Waals surface area contributed by atoms with Crippen LogP contribution in [0.15, 0.2) is 28.0 Å². The van der Waals surface area contributed by atoms with E-state index < -0.39 is 19.9 Å². The molecular weight excluding hydrogens is 364 g/mol. The van der Waals surface area contributed by atoms with Crippen LogP contribution < -0.4 is 14.8 Å². The molecule has 0 radical (unpaired) electrons. The van der Waals surface area contributed by atoms with Crippen LogP contribution >= 0.6 is 12.4 Å². The highest BCUT2D eigenvalue weighted by atomic mass is 35.5. The number of sulfone groups is 1. The molecule has 1 atom stereocenters. The number of rotatable bonds is 5. The third kappa shape index (κ3) is 5.05. The van der Waals surface area contributed by atoms with Crippen molar-refractivity contribution >= 4 is 32.3 Å². The maximum absolute atomic E-state index is 12.5. The average molecular weight is 385 g/mol. The molecule has 1 aliphatic heterocycles. The maximum atomic E-state index is 12.5. The van der Waals surface area contributed by atoms with Crippen molar-refractivity contribution in [3.05, 3.63) is 18.2 Å². The van der Waals surface area contributed by atoms with Crippen molar-refractivity contribution in [1.29, 1.82) is 0 Å². The van der Waals surface area contributed by atoms with Crippen molar-refractivity contribution < 1.29 is 21.6 Å². The summed E-state index contributed by atoms with van der Waals surface area (Å²) in [7, 11) is -6.02. The first kappa shape index (κ1) is 20.2. The molecule has 0 aliphatic carbocycles. The highest BCUT2D eigenvalue weighted by molar-refractivity contribution is 7.91. The summed E-state index contributed by atoms with van der Waals surface area (Å²) in [5, 5.41) is 3.12. The van der Waals surface area contributed by atoms with E-state index >= 15 is 0 Å². The second-order valence-corrected chi connectivity index (χ2v) is 8.95. The van der Waals surface area contributed by atoms with Crippen LogP contribution in [0.3, 0.4) is 0 Å². The number of methoxy groups -OCH3 is 1. The van der Waals surface area contributed by atoms with Gasteiger partial charge in [0.05, 0.1) is 12.0 Å². The number of hydrogen-bond acceptors (Lipinski definition) is 6. The molecule has 1 aromatic rings. The molecule has 10 heteroatoms. The number of ether oxygens (including phenoxy) is 1. The molecule has 2 rings (SSSR count). The summed E-state index contributed by atoms with van der Waals surface area (Å²) in [6.07, 6.45) is 2.65. The van der Waals surface area contributed by atoms with E-state index in [4.69, 9.17) is 4.74 Å². The van der Waals surface area contributed by atoms with Gasteiger partial charge in [-0.25, -0.2) is 21.6 Å². The predicted molar refractivity (Wildman–Crippen MR) is 89.6 cm³/mol. The Morgan fingerprint density at radius 3 is 2.48 bits per heavy atom. The lowest BCUT2D eigenvalue weighted by Crippen LogP contribution is -2.45. The van der Waals surface area contributed by atoms with Crippen LogP contribution in [-0.4, -0.2) is 49.3 Å². The quantitative estimate of drug-likeness (QED) is 0.768. The zero-order valence-electron chi connectivity index (χ0n) is 12.9. The second kappa shape index (κ2) is 7.80. The number of piperidine rings is 1.